The van der Waals surface area contributed by atoms with Crippen LogP contribution in [0, 0.1) is 5.82 Å². The third-order valence-electron chi connectivity index (χ3n) is 5.94. The van der Waals surface area contributed by atoms with Crippen LogP contribution >= 0.6 is 11.3 Å². The Hall–Kier alpha value is -2.07. The standard InChI is InChI=1S/C21H28FN5O2S/c1-25-9-11-26(12-10-25)14-19-24-18(15-30-19)21(29)5-7-27(8-6-21)20(28)23-17-4-2-3-16(22)13-17/h2-4,13,15,29H,5-12,14H2,1H3,(H,23,28). The normalized spacial score (nSPS) is 20.3. The summed E-state index contributed by atoms with van der Waals surface area (Å²) in [4.78, 5) is 23.6. The molecule has 0 unspecified atom stereocenters. The van der Waals surface area contributed by atoms with E-state index in [9.17, 15) is 14.3 Å². The van der Waals surface area contributed by atoms with Crippen LogP contribution in [0.4, 0.5) is 14.9 Å². The SMILES string of the molecule is CN1CCN(Cc2nc(C3(O)CCN(C(=O)Nc4cccc(F)c4)CC3)cs2)CC1. The number of urea groups is 1. The second-order valence-corrected chi connectivity index (χ2v) is 9.11. The summed E-state index contributed by atoms with van der Waals surface area (Å²) >= 11 is 1.59. The Balaban J connectivity index is 1.31. The monoisotopic (exact) mass is 433 g/mol. The van der Waals surface area contributed by atoms with E-state index in [1.165, 1.54) is 12.1 Å². The van der Waals surface area contributed by atoms with Crippen molar-refractivity contribution in [3.05, 3.63) is 46.2 Å². The van der Waals surface area contributed by atoms with E-state index < -0.39 is 11.4 Å². The van der Waals surface area contributed by atoms with Crippen LogP contribution in [0.25, 0.3) is 0 Å². The fraction of sp³-hybridized carbons (Fsp3) is 0.524. The third-order valence-corrected chi connectivity index (χ3v) is 6.77. The van der Waals surface area contributed by atoms with Gasteiger partial charge in [0.2, 0.25) is 0 Å². The van der Waals surface area contributed by atoms with Crippen LogP contribution in [0.15, 0.2) is 29.6 Å². The highest BCUT2D eigenvalue weighted by Crippen LogP contribution is 2.34. The summed E-state index contributed by atoms with van der Waals surface area (Å²) in [6.07, 6.45) is 0.864. The van der Waals surface area contributed by atoms with Crippen molar-refractivity contribution in [2.75, 3.05) is 51.6 Å². The van der Waals surface area contributed by atoms with Crippen LogP contribution in [-0.2, 0) is 12.1 Å². The molecule has 2 amide bonds. The quantitative estimate of drug-likeness (QED) is 0.776. The maximum Gasteiger partial charge on any atom is 0.321 e. The summed E-state index contributed by atoms with van der Waals surface area (Å²) in [5, 5.41) is 16.8. The minimum atomic E-state index is -1.01. The minimum absolute atomic E-state index is 0.281. The lowest BCUT2D eigenvalue weighted by atomic mass is 9.89. The Bertz CT molecular complexity index is 876. The van der Waals surface area contributed by atoms with Gasteiger partial charge in [0.15, 0.2) is 0 Å². The summed E-state index contributed by atoms with van der Waals surface area (Å²) in [7, 11) is 2.14. The molecule has 0 spiro atoms. The van der Waals surface area contributed by atoms with Gasteiger partial charge >= 0.3 is 6.03 Å². The molecule has 2 aromatic rings. The molecule has 0 atom stereocenters. The predicted octanol–water partition coefficient (Wildman–Crippen LogP) is 2.55. The van der Waals surface area contributed by atoms with Crippen molar-refractivity contribution in [1.82, 2.24) is 19.7 Å². The topological polar surface area (TPSA) is 71.9 Å². The molecule has 1 aromatic carbocycles. The number of nitrogens with zero attached hydrogens (tertiary/aromatic N) is 4. The number of halogens is 1. The van der Waals surface area contributed by atoms with Crippen LogP contribution < -0.4 is 5.32 Å². The zero-order chi connectivity index (χ0) is 21.1. The number of amides is 2. The van der Waals surface area contributed by atoms with Crippen molar-refractivity contribution in [2.45, 2.75) is 25.0 Å². The van der Waals surface area contributed by atoms with Crippen molar-refractivity contribution >= 4 is 23.1 Å². The first-order valence-electron chi connectivity index (χ1n) is 10.3. The minimum Gasteiger partial charge on any atom is -0.383 e. The number of nitrogens with one attached hydrogen (secondary N) is 1. The van der Waals surface area contributed by atoms with Gasteiger partial charge in [0.1, 0.15) is 16.4 Å². The van der Waals surface area contributed by atoms with Crippen molar-refractivity contribution in [1.29, 1.82) is 0 Å². The third kappa shape index (κ3) is 4.97. The first kappa shape index (κ1) is 21.2. The molecule has 30 heavy (non-hydrogen) atoms. The van der Waals surface area contributed by atoms with Crippen LogP contribution in [0.1, 0.15) is 23.5 Å². The molecule has 3 heterocycles. The van der Waals surface area contributed by atoms with Crippen molar-refractivity contribution in [3.8, 4) is 0 Å². The molecular formula is C21H28FN5O2S. The zero-order valence-electron chi connectivity index (χ0n) is 17.2. The van der Waals surface area contributed by atoms with Gasteiger partial charge in [0.05, 0.1) is 12.2 Å². The second-order valence-electron chi connectivity index (χ2n) is 8.17. The van der Waals surface area contributed by atoms with Gasteiger partial charge in [-0.15, -0.1) is 11.3 Å². The average molecular weight is 434 g/mol. The summed E-state index contributed by atoms with van der Waals surface area (Å²) in [6, 6.07) is 5.55. The fourth-order valence-corrected chi connectivity index (χ4v) is 4.83. The van der Waals surface area contributed by atoms with E-state index in [1.807, 2.05) is 5.38 Å². The van der Waals surface area contributed by atoms with Crippen molar-refractivity contribution in [2.24, 2.45) is 0 Å². The number of hydrogen-bond acceptors (Lipinski definition) is 6. The molecule has 2 aliphatic heterocycles. The lowest BCUT2D eigenvalue weighted by Gasteiger charge is -2.37. The molecule has 2 aliphatic rings. The summed E-state index contributed by atoms with van der Waals surface area (Å²) < 4.78 is 13.3. The largest absolute Gasteiger partial charge is 0.383 e. The second kappa shape index (κ2) is 8.97. The first-order chi connectivity index (χ1) is 14.4. The van der Waals surface area contributed by atoms with E-state index in [2.05, 4.69) is 22.2 Å². The first-order valence-corrected chi connectivity index (χ1v) is 11.2. The number of hydrogen-bond donors (Lipinski definition) is 2. The van der Waals surface area contributed by atoms with Crippen molar-refractivity contribution < 1.29 is 14.3 Å². The Labute approximate surface area is 180 Å². The number of rotatable bonds is 4. The molecule has 0 bridgehead atoms. The van der Waals surface area contributed by atoms with Crippen LogP contribution in [0.3, 0.4) is 0 Å². The fourth-order valence-electron chi connectivity index (χ4n) is 3.90. The number of carbonyl (C=O) groups excluding carboxylic acids is 1. The number of likely N-dealkylation sites (N-methyl/N-ethyl adjacent to an activating group) is 1. The molecule has 7 nitrogen and oxygen atoms in total. The Kier molecular flexibility index (Phi) is 6.33. The Morgan fingerprint density at radius 1 is 1.23 bits per heavy atom. The highest BCUT2D eigenvalue weighted by atomic mass is 32.1. The molecule has 1 aromatic heterocycles. The van der Waals surface area contributed by atoms with Crippen LogP contribution in [0.2, 0.25) is 0 Å². The zero-order valence-corrected chi connectivity index (χ0v) is 18.0. The molecular weight excluding hydrogens is 405 g/mol. The van der Waals surface area contributed by atoms with E-state index in [0.29, 0.717) is 37.3 Å². The van der Waals surface area contributed by atoms with E-state index in [0.717, 1.165) is 37.7 Å². The van der Waals surface area contributed by atoms with Gasteiger partial charge in [0.25, 0.3) is 0 Å². The maximum absolute atomic E-state index is 13.3. The molecule has 9 heteroatoms. The molecule has 0 saturated carbocycles. The van der Waals surface area contributed by atoms with E-state index >= 15 is 0 Å². The number of likely N-dealkylation sites (tertiary alicyclic amines) is 1. The smallest absolute Gasteiger partial charge is 0.321 e. The lowest BCUT2D eigenvalue weighted by molar-refractivity contribution is -0.0190. The number of benzene rings is 1. The number of carbonyl (C=O) groups is 1. The van der Waals surface area contributed by atoms with Gasteiger partial charge in [-0.3, -0.25) is 4.90 Å². The maximum atomic E-state index is 13.3. The predicted molar refractivity (Wildman–Crippen MR) is 115 cm³/mol. The molecule has 2 fully saturated rings. The van der Waals surface area contributed by atoms with Gasteiger partial charge in [-0.05, 0) is 38.1 Å². The van der Waals surface area contributed by atoms with Gasteiger partial charge in [-0.2, -0.15) is 0 Å². The number of thiazole rings is 1. The van der Waals surface area contributed by atoms with Gasteiger partial charge < -0.3 is 20.2 Å². The van der Waals surface area contributed by atoms with E-state index in [1.54, 1.807) is 28.4 Å². The van der Waals surface area contributed by atoms with Crippen molar-refractivity contribution in [3.63, 3.8) is 0 Å². The molecule has 2 N–H and O–H groups in total. The number of piperazine rings is 1. The molecule has 4 rings (SSSR count). The van der Waals surface area contributed by atoms with Gasteiger partial charge in [-0.1, -0.05) is 6.07 Å². The lowest BCUT2D eigenvalue weighted by Crippen LogP contribution is -2.46. The summed E-state index contributed by atoms with van der Waals surface area (Å²) in [5.74, 6) is -0.392. The molecule has 162 valence electrons. The number of piperidine rings is 1. The Morgan fingerprint density at radius 3 is 2.67 bits per heavy atom. The number of aliphatic hydroxyl groups is 1. The van der Waals surface area contributed by atoms with E-state index in [-0.39, 0.29) is 6.03 Å². The highest BCUT2D eigenvalue weighted by molar-refractivity contribution is 7.09. The number of aromatic nitrogens is 1. The van der Waals surface area contributed by atoms with Gasteiger partial charge in [0, 0.05) is 50.3 Å². The number of anilines is 1. The van der Waals surface area contributed by atoms with Crippen LogP contribution in [0.5, 0.6) is 0 Å². The highest BCUT2D eigenvalue weighted by Gasteiger charge is 2.37. The Morgan fingerprint density at radius 2 is 1.97 bits per heavy atom. The average Bonchev–Trinajstić information content (AvgIpc) is 3.20. The molecule has 0 aliphatic carbocycles. The summed E-state index contributed by atoms with van der Waals surface area (Å²) in [6.45, 7) is 5.85. The van der Waals surface area contributed by atoms with E-state index in [4.69, 9.17) is 4.98 Å². The van der Waals surface area contributed by atoms with Gasteiger partial charge in [-0.25, -0.2) is 14.2 Å². The molecule has 0 radical (unpaired) electrons. The summed E-state index contributed by atoms with van der Waals surface area (Å²) in [5.41, 5.74) is 0.127. The van der Waals surface area contributed by atoms with Crippen LogP contribution in [-0.4, -0.2) is 77.1 Å². The molecule has 2 saturated heterocycles.